The van der Waals surface area contributed by atoms with E-state index in [1.165, 1.54) is 5.69 Å². The van der Waals surface area contributed by atoms with Crippen molar-refractivity contribution in [3.8, 4) is 11.3 Å². The van der Waals surface area contributed by atoms with Gasteiger partial charge in [-0.15, -0.1) is 0 Å². The van der Waals surface area contributed by atoms with Crippen molar-refractivity contribution in [1.82, 2.24) is 24.8 Å². The van der Waals surface area contributed by atoms with Crippen LogP contribution in [-0.4, -0.2) is 58.1 Å². The van der Waals surface area contributed by atoms with E-state index >= 15 is 0 Å². The molecule has 2 unspecified atom stereocenters. The number of nitrogen functional groups attached to an aromatic ring is 1. The molecule has 0 radical (unpaired) electrons. The second kappa shape index (κ2) is 6.00. The third kappa shape index (κ3) is 2.70. The lowest BCUT2D eigenvalue weighted by Gasteiger charge is -2.23. The van der Waals surface area contributed by atoms with Crippen molar-refractivity contribution < 1.29 is 0 Å². The van der Waals surface area contributed by atoms with E-state index in [-0.39, 0.29) is 5.95 Å². The first-order valence-corrected chi connectivity index (χ1v) is 8.51. The molecule has 0 aliphatic carbocycles. The first-order valence-electron chi connectivity index (χ1n) is 8.51. The zero-order valence-corrected chi connectivity index (χ0v) is 14.8. The number of H-pyrrole nitrogens is 1. The molecule has 4 rings (SSSR count). The lowest BCUT2D eigenvalue weighted by atomic mass is 10.1. The van der Waals surface area contributed by atoms with Crippen LogP contribution in [0.5, 0.6) is 0 Å². The Labute approximate surface area is 146 Å². The highest BCUT2D eigenvalue weighted by molar-refractivity contribution is 6.02. The summed E-state index contributed by atoms with van der Waals surface area (Å²) in [5.41, 5.74) is 9.65. The molecule has 1 aliphatic heterocycles. The number of nitrogens with two attached hydrogens (primary N) is 1. The van der Waals surface area contributed by atoms with Gasteiger partial charge in [-0.2, -0.15) is 0 Å². The SMILES string of the molecule is CC1CN(c2ccnc3[nH]cc(-c4ccnc(N)n4)c23)CC1N(C)C. The summed E-state index contributed by atoms with van der Waals surface area (Å²) in [5.74, 6) is 0.884. The molecule has 7 heteroatoms. The van der Waals surface area contributed by atoms with Gasteiger partial charge in [-0.25, -0.2) is 15.0 Å². The van der Waals surface area contributed by atoms with Crippen LogP contribution < -0.4 is 10.6 Å². The maximum absolute atomic E-state index is 5.77. The van der Waals surface area contributed by atoms with Gasteiger partial charge < -0.3 is 20.5 Å². The van der Waals surface area contributed by atoms with E-state index < -0.39 is 0 Å². The number of anilines is 2. The second-order valence-corrected chi connectivity index (χ2v) is 6.97. The van der Waals surface area contributed by atoms with E-state index in [0.29, 0.717) is 12.0 Å². The molecule has 0 amide bonds. The van der Waals surface area contributed by atoms with Gasteiger partial charge in [0.2, 0.25) is 5.95 Å². The standard InChI is InChI=1S/C18H23N7/c1-11-9-25(10-15(11)24(2)3)14-5-7-20-17-16(14)12(8-22-17)13-4-6-21-18(19)23-13/h4-8,11,15H,9-10H2,1-3H3,(H,20,22)(H2,19,21,23). The van der Waals surface area contributed by atoms with Crippen LogP contribution in [0.4, 0.5) is 11.6 Å². The summed E-state index contributed by atoms with van der Waals surface area (Å²) >= 11 is 0. The molecule has 1 saturated heterocycles. The van der Waals surface area contributed by atoms with Gasteiger partial charge >= 0.3 is 0 Å². The van der Waals surface area contributed by atoms with Crippen LogP contribution in [0.1, 0.15) is 6.92 Å². The summed E-state index contributed by atoms with van der Waals surface area (Å²) < 4.78 is 0. The fourth-order valence-corrected chi connectivity index (χ4v) is 3.85. The molecule has 25 heavy (non-hydrogen) atoms. The Kier molecular flexibility index (Phi) is 3.80. The average molecular weight is 337 g/mol. The van der Waals surface area contributed by atoms with E-state index in [1.54, 1.807) is 6.20 Å². The van der Waals surface area contributed by atoms with Crippen LogP contribution in [0.3, 0.4) is 0 Å². The number of hydrogen-bond donors (Lipinski definition) is 2. The van der Waals surface area contributed by atoms with Crippen molar-refractivity contribution in [2.75, 3.05) is 37.8 Å². The normalized spacial score (nSPS) is 20.7. The van der Waals surface area contributed by atoms with Gasteiger partial charge in [-0.3, -0.25) is 0 Å². The number of fused-ring (bicyclic) bond motifs is 1. The zero-order chi connectivity index (χ0) is 17.6. The first kappa shape index (κ1) is 15.8. The fraction of sp³-hybridized carbons (Fsp3) is 0.389. The zero-order valence-electron chi connectivity index (χ0n) is 14.8. The van der Waals surface area contributed by atoms with Crippen molar-refractivity contribution in [1.29, 1.82) is 0 Å². The molecule has 0 spiro atoms. The van der Waals surface area contributed by atoms with Crippen LogP contribution in [0.2, 0.25) is 0 Å². The van der Waals surface area contributed by atoms with Crippen LogP contribution in [-0.2, 0) is 0 Å². The first-order chi connectivity index (χ1) is 12.0. The number of pyridine rings is 1. The highest BCUT2D eigenvalue weighted by Crippen LogP contribution is 2.36. The monoisotopic (exact) mass is 337 g/mol. The molecule has 3 N–H and O–H groups in total. The minimum Gasteiger partial charge on any atom is -0.369 e. The summed E-state index contributed by atoms with van der Waals surface area (Å²) in [4.78, 5) is 20.9. The Balaban J connectivity index is 1.82. The van der Waals surface area contributed by atoms with Crippen molar-refractivity contribution in [3.05, 3.63) is 30.7 Å². The highest BCUT2D eigenvalue weighted by atomic mass is 15.2. The van der Waals surface area contributed by atoms with E-state index in [1.807, 2.05) is 18.5 Å². The van der Waals surface area contributed by atoms with Crippen molar-refractivity contribution >= 4 is 22.7 Å². The maximum atomic E-state index is 5.77. The molecule has 3 aromatic heterocycles. The minimum absolute atomic E-state index is 0.278. The van der Waals surface area contributed by atoms with Gasteiger partial charge in [-0.05, 0) is 32.1 Å². The minimum atomic E-state index is 0.278. The lowest BCUT2D eigenvalue weighted by Crippen LogP contribution is -2.34. The molecule has 3 aromatic rings. The lowest BCUT2D eigenvalue weighted by molar-refractivity contribution is 0.266. The largest absolute Gasteiger partial charge is 0.369 e. The van der Waals surface area contributed by atoms with Gasteiger partial charge in [0.25, 0.3) is 0 Å². The van der Waals surface area contributed by atoms with E-state index in [4.69, 9.17) is 5.73 Å². The van der Waals surface area contributed by atoms with Gasteiger partial charge in [0.1, 0.15) is 5.65 Å². The molecular formula is C18H23N7. The summed E-state index contributed by atoms with van der Waals surface area (Å²) in [6.45, 7) is 4.34. The Morgan fingerprint density at radius 3 is 2.72 bits per heavy atom. The summed E-state index contributed by atoms with van der Waals surface area (Å²) in [6.07, 6.45) is 5.50. The predicted octanol–water partition coefficient (Wildman–Crippen LogP) is 1.99. The molecule has 130 valence electrons. The topological polar surface area (TPSA) is 87.0 Å². The number of nitrogens with zero attached hydrogens (tertiary/aromatic N) is 5. The summed E-state index contributed by atoms with van der Waals surface area (Å²) in [7, 11) is 4.30. The molecule has 0 aromatic carbocycles. The number of rotatable bonds is 3. The number of nitrogens with one attached hydrogen (secondary N) is 1. The molecule has 0 saturated carbocycles. The third-order valence-corrected chi connectivity index (χ3v) is 5.08. The Morgan fingerprint density at radius 2 is 2.00 bits per heavy atom. The highest BCUT2D eigenvalue weighted by Gasteiger charge is 2.32. The molecular weight excluding hydrogens is 314 g/mol. The van der Waals surface area contributed by atoms with Crippen LogP contribution >= 0.6 is 0 Å². The van der Waals surface area contributed by atoms with Gasteiger partial charge in [-0.1, -0.05) is 6.92 Å². The molecule has 7 nitrogen and oxygen atoms in total. The van der Waals surface area contributed by atoms with Crippen LogP contribution in [0.15, 0.2) is 30.7 Å². The van der Waals surface area contributed by atoms with Crippen molar-refractivity contribution in [2.45, 2.75) is 13.0 Å². The van der Waals surface area contributed by atoms with Crippen molar-refractivity contribution in [2.24, 2.45) is 5.92 Å². The fourth-order valence-electron chi connectivity index (χ4n) is 3.85. The van der Waals surface area contributed by atoms with Crippen LogP contribution in [0, 0.1) is 5.92 Å². The molecule has 2 atom stereocenters. The molecule has 4 heterocycles. The van der Waals surface area contributed by atoms with Crippen LogP contribution in [0.25, 0.3) is 22.3 Å². The smallest absolute Gasteiger partial charge is 0.220 e. The van der Waals surface area contributed by atoms with E-state index in [9.17, 15) is 0 Å². The molecule has 0 bridgehead atoms. The Bertz CT molecular complexity index is 901. The number of hydrogen-bond acceptors (Lipinski definition) is 6. The summed E-state index contributed by atoms with van der Waals surface area (Å²) in [6, 6.07) is 4.51. The third-order valence-electron chi connectivity index (χ3n) is 5.08. The van der Waals surface area contributed by atoms with E-state index in [2.05, 4.69) is 56.8 Å². The Hall–Kier alpha value is -2.67. The molecule has 1 fully saturated rings. The number of likely N-dealkylation sites (N-methyl/N-ethyl adjacent to an activating group) is 1. The molecule has 1 aliphatic rings. The maximum Gasteiger partial charge on any atom is 0.220 e. The van der Waals surface area contributed by atoms with Gasteiger partial charge in [0.15, 0.2) is 0 Å². The average Bonchev–Trinajstić information content (AvgIpc) is 3.18. The van der Waals surface area contributed by atoms with Gasteiger partial charge in [0, 0.05) is 43.3 Å². The number of aromatic nitrogens is 4. The van der Waals surface area contributed by atoms with Crippen molar-refractivity contribution in [3.63, 3.8) is 0 Å². The van der Waals surface area contributed by atoms with E-state index in [0.717, 1.165) is 35.4 Å². The predicted molar refractivity (Wildman–Crippen MR) is 100 cm³/mol. The Morgan fingerprint density at radius 1 is 1.20 bits per heavy atom. The second-order valence-electron chi connectivity index (χ2n) is 6.97. The number of aromatic amines is 1. The summed E-state index contributed by atoms with van der Waals surface area (Å²) in [5, 5.41) is 1.09. The van der Waals surface area contributed by atoms with Gasteiger partial charge in [0.05, 0.1) is 16.8 Å². The quantitative estimate of drug-likeness (QED) is 0.760.